The fraction of sp³-hybridized carbons (Fsp3) is 0.600. The molecular formula is C15H23NO. The lowest BCUT2D eigenvalue weighted by Gasteiger charge is -2.35. The molecule has 1 saturated carbocycles. The fourth-order valence-electron chi connectivity index (χ4n) is 2.97. The van der Waals surface area contributed by atoms with Crippen molar-refractivity contribution in [1.29, 1.82) is 0 Å². The third-order valence-corrected chi connectivity index (χ3v) is 3.85. The Morgan fingerprint density at radius 2 is 2.06 bits per heavy atom. The molecule has 1 aliphatic carbocycles. The first-order valence-electron chi connectivity index (χ1n) is 6.64. The van der Waals surface area contributed by atoms with Crippen LogP contribution in [0.5, 0.6) is 0 Å². The van der Waals surface area contributed by atoms with Crippen molar-refractivity contribution < 1.29 is 4.74 Å². The van der Waals surface area contributed by atoms with E-state index in [1.807, 2.05) is 0 Å². The first kappa shape index (κ1) is 12.6. The lowest BCUT2D eigenvalue weighted by Crippen LogP contribution is -2.41. The number of ether oxygens (including phenoxy) is 1. The van der Waals surface area contributed by atoms with Crippen LogP contribution in [0.4, 0.5) is 0 Å². The largest absolute Gasteiger partial charge is 0.373 e. The van der Waals surface area contributed by atoms with Crippen molar-refractivity contribution in [2.45, 2.75) is 51.2 Å². The smallest absolute Gasteiger partial charge is 0.0874 e. The van der Waals surface area contributed by atoms with Crippen LogP contribution in [-0.2, 0) is 4.74 Å². The predicted molar refractivity (Wildman–Crippen MR) is 70.9 cm³/mol. The second kappa shape index (κ2) is 5.19. The number of benzene rings is 1. The minimum absolute atomic E-state index is 0.00449. The molecular weight excluding hydrogens is 210 g/mol. The zero-order valence-corrected chi connectivity index (χ0v) is 10.9. The third-order valence-electron chi connectivity index (χ3n) is 3.85. The van der Waals surface area contributed by atoms with Crippen molar-refractivity contribution >= 4 is 0 Å². The molecule has 0 radical (unpaired) electrons. The van der Waals surface area contributed by atoms with E-state index in [0.29, 0.717) is 0 Å². The van der Waals surface area contributed by atoms with Gasteiger partial charge >= 0.3 is 0 Å². The van der Waals surface area contributed by atoms with Crippen LogP contribution in [0.1, 0.15) is 49.8 Å². The van der Waals surface area contributed by atoms with Gasteiger partial charge in [-0.2, -0.15) is 0 Å². The van der Waals surface area contributed by atoms with Crippen LogP contribution >= 0.6 is 0 Å². The van der Waals surface area contributed by atoms with E-state index in [9.17, 15) is 0 Å². The van der Waals surface area contributed by atoms with Crippen LogP contribution in [0.2, 0.25) is 0 Å². The van der Waals surface area contributed by atoms with Gasteiger partial charge in [0.1, 0.15) is 0 Å². The monoisotopic (exact) mass is 233 g/mol. The van der Waals surface area contributed by atoms with E-state index < -0.39 is 0 Å². The molecule has 1 aliphatic rings. The maximum Gasteiger partial charge on any atom is 0.0874 e. The van der Waals surface area contributed by atoms with Gasteiger partial charge in [-0.3, -0.25) is 0 Å². The molecule has 0 bridgehead atoms. The molecule has 2 nitrogen and oxygen atoms in total. The summed E-state index contributed by atoms with van der Waals surface area (Å²) in [5, 5.41) is 0. The topological polar surface area (TPSA) is 35.2 Å². The SMILES string of the molecule is CCOC1(C(N)c2cccc(C)c2)CCCC1. The molecule has 17 heavy (non-hydrogen) atoms. The van der Waals surface area contributed by atoms with E-state index in [4.69, 9.17) is 10.5 Å². The van der Waals surface area contributed by atoms with Crippen molar-refractivity contribution in [2.75, 3.05) is 6.61 Å². The molecule has 2 heteroatoms. The Morgan fingerprint density at radius 1 is 1.35 bits per heavy atom. The number of hydrogen-bond donors (Lipinski definition) is 1. The van der Waals surface area contributed by atoms with E-state index in [-0.39, 0.29) is 11.6 Å². The highest BCUT2D eigenvalue weighted by molar-refractivity contribution is 5.27. The van der Waals surface area contributed by atoms with E-state index >= 15 is 0 Å². The minimum atomic E-state index is -0.122. The minimum Gasteiger partial charge on any atom is -0.373 e. The molecule has 1 aromatic carbocycles. The zero-order valence-electron chi connectivity index (χ0n) is 10.9. The summed E-state index contributed by atoms with van der Waals surface area (Å²) >= 11 is 0. The highest BCUT2D eigenvalue weighted by Crippen LogP contribution is 2.41. The van der Waals surface area contributed by atoms with Gasteiger partial charge in [0.15, 0.2) is 0 Å². The Kier molecular flexibility index (Phi) is 3.85. The highest BCUT2D eigenvalue weighted by atomic mass is 16.5. The third kappa shape index (κ3) is 2.53. The fourth-order valence-corrected chi connectivity index (χ4v) is 2.97. The highest BCUT2D eigenvalue weighted by Gasteiger charge is 2.40. The zero-order chi connectivity index (χ0) is 12.3. The normalized spacial score (nSPS) is 20.4. The van der Waals surface area contributed by atoms with Gasteiger partial charge in [0.05, 0.1) is 11.6 Å². The van der Waals surface area contributed by atoms with Crippen LogP contribution < -0.4 is 5.73 Å². The van der Waals surface area contributed by atoms with Gasteiger partial charge in [-0.05, 0) is 32.3 Å². The predicted octanol–water partition coefficient (Wildman–Crippen LogP) is 3.34. The second-order valence-electron chi connectivity index (χ2n) is 5.10. The van der Waals surface area contributed by atoms with Crippen LogP contribution in [0.3, 0.4) is 0 Å². The summed E-state index contributed by atoms with van der Waals surface area (Å²) in [6.45, 7) is 4.92. The lowest BCUT2D eigenvalue weighted by molar-refractivity contribution is -0.0536. The van der Waals surface area contributed by atoms with Crippen LogP contribution in [0.25, 0.3) is 0 Å². The molecule has 1 atom stereocenters. The first-order chi connectivity index (χ1) is 8.18. The second-order valence-corrected chi connectivity index (χ2v) is 5.10. The molecule has 2 N–H and O–H groups in total. The Bertz CT molecular complexity index is 369. The van der Waals surface area contributed by atoms with Crippen molar-refractivity contribution in [3.05, 3.63) is 35.4 Å². The van der Waals surface area contributed by atoms with E-state index in [1.165, 1.54) is 24.0 Å². The summed E-state index contributed by atoms with van der Waals surface area (Å²) in [4.78, 5) is 0. The number of aryl methyl sites for hydroxylation is 1. The summed E-state index contributed by atoms with van der Waals surface area (Å²) in [5.41, 5.74) is 8.82. The Morgan fingerprint density at radius 3 is 2.65 bits per heavy atom. The Hall–Kier alpha value is -0.860. The molecule has 1 unspecified atom stereocenters. The molecule has 94 valence electrons. The average Bonchev–Trinajstić information content (AvgIpc) is 2.78. The number of nitrogens with two attached hydrogens (primary N) is 1. The lowest BCUT2D eigenvalue weighted by atomic mass is 9.87. The summed E-state index contributed by atoms with van der Waals surface area (Å²) in [7, 11) is 0. The molecule has 0 spiro atoms. The van der Waals surface area contributed by atoms with Crippen molar-refractivity contribution in [3.63, 3.8) is 0 Å². The van der Waals surface area contributed by atoms with Crippen LogP contribution in [0, 0.1) is 6.92 Å². The van der Waals surface area contributed by atoms with E-state index in [0.717, 1.165) is 19.4 Å². The van der Waals surface area contributed by atoms with Gasteiger partial charge in [0, 0.05) is 6.61 Å². The van der Waals surface area contributed by atoms with E-state index in [2.05, 4.69) is 38.1 Å². The van der Waals surface area contributed by atoms with Gasteiger partial charge < -0.3 is 10.5 Å². The number of hydrogen-bond acceptors (Lipinski definition) is 2. The molecule has 0 aromatic heterocycles. The standard InChI is InChI=1S/C15H23NO/c1-3-17-15(9-4-5-10-15)14(16)13-8-6-7-12(2)11-13/h6-8,11,14H,3-5,9-10,16H2,1-2H3. The summed E-state index contributed by atoms with van der Waals surface area (Å²) in [6, 6.07) is 8.50. The maximum atomic E-state index is 6.47. The molecule has 0 saturated heterocycles. The molecule has 0 aliphatic heterocycles. The van der Waals surface area contributed by atoms with Crippen molar-refractivity contribution in [2.24, 2.45) is 5.73 Å². The van der Waals surface area contributed by atoms with Gasteiger partial charge in [0.25, 0.3) is 0 Å². The first-order valence-corrected chi connectivity index (χ1v) is 6.64. The maximum absolute atomic E-state index is 6.47. The van der Waals surface area contributed by atoms with Gasteiger partial charge in [-0.25, -0.2) is 0 Å². The van der Waals surface area contributed by atoms with Crippen molar-refractivity contribution in [3.8, 4) is 0 Å². The van der Waals surface area contributed by atoms with Gasteiger partial charge in [-0.15, -0.1) is 0 Å². The quantitative estimate of drug-likeness (QED) is 0.865. The van der Waals surface area contributed by atoms with Crippen LogP contribution in [-0.4, -0.2) is 12.2 Å². The molecule has 0 amide bonds. The summed E-state index contributed by atoms with van der Waals surface area (Å²) in [6.07, 6.45) is 4.66. The Labute approximate surface area is 104 Å². The summed E-state index contributed by atoms with van der Waals surface area (Å²) < 4.78 is 6.02. The van der Waals surface area contributed by atoms with Crippen LogP contribution in [0.15, 0.2) is 24.3 Å². The number of rotatable bonds is 4. The molecule has 0 heterocycles. The van der Waals surface area contributed by atoms with Gasteiger partial charge in [-0.1, -0.05) is 42.7 Å². The molecule has 1 fully saturated rings. The van der Waals surface area contributed by atoms with E-state index in [1.54, 1.807) is 0 Å². The Balaban J connectivity index is 2.24. The van der Waals surface area contributed by atoms with Crippen molar-refractivity contribution in [1.82, 2.24) is 0 Å². The molecule has 2 rings (SSSR count). The van der Waals surface area contributed by atoms with Gasteiger partial charge in [0.2, 0.25) is 0 Å². The molecule has 1 aromatic rings. The summed E-state index contributed by atoms with van der Waals surface area (Å²) in [5.74, 6) is 0. The average molecular weight is 233 g/mol.